The van der Waals surface area contributed by atoms with Crippen LogP contribution < -0.4 is 11.1 Å². The number of aromatic nitrogens is 3. The van der Waals surface area contributed by atoms with E-state index in [1.807, 2.05) is 24.3 Å². The summed E-state index contributed by atoms with van der Waals surface area (Å²) in [5, 5.41) is 7.00. The minimum absolute atomic E-state index is 0.00592. The molecule has 1 saturated heterocycles. The highest BCUT2D eigenvalue weighted by Crippen LogP contribution is 2.19. The van der Waals surface area contributed by atoms with Crippen LogP contribution in [0.4, 0.5) is 0 Å². The van der Waals surface area contributed by atoms with Crippen molar-refractivity contribution in [2.24, 2.45) is 5.73 Å². The standard InChI is InChI=1S/C15H19N5O2/c16-7-13-4-5-14(22-13)15(21)18-8-11-2-1-3-12(6-11)20-10-17-9-19-20/h1-3,6,9-10,13-14H,4-5,7-8,16H2,(H,18,21)/t13-,14+/m1/s1. The van der Waals surface area contributed by atoms with Gasteiger partial charge in [0.2, 0.25) is 5.91 Å². The summed E-state index contributed by atoms with van der Waals surface area (Å²) in [5.41, 5.74) is 7.46. The maximum absolute atomic E-state index is 12.1. The van der Waals surface area contributed by atoms with Crippen molar-refractivity contribution in [3.8, 4) is 5.69 Å². The van der Waals surface area contributed by atoms with Gasteiger partial charge in [0.05, 0.1) is 11.8 Å². The van der Waals surface area contributed by atoms with Crippen molar-refractivity contribution in [1.82, 2.24) is 20.1 Å². The number of carbonyl (C=O) groups excluding carboxylic acids is 1. The summed E-state index contributed by atoms with van der Waals surface area (Å²) in [4.78, 5) is 16.0. The van der Waals surface area contributed by atoms with E-state index in [0.717, 1.165) is 24.1 Å². The van der Waals surface area contributed by atoms with Crippen LogP contribution in [0.5, 0.6) is 0 Å². The molecule has 1 aliphatic heterocycles. The molecule has 7 nitrogen and oxygen atoms in total. The normalized spacial score (nSPS) is 21.0. The molecule has 0 aliphatic carbocycles. The van der Waals surface area contributed by atoms with Crippen LogP contribution in [0.25, 0.3) is 5.69 Å². The number of nitrogens with zero attached hydrogens (tertiary/aromatic N) is 3. The number of benzene rings is 1. The van der Waals surface area contributed by atoms with Gasteiger partial charge in [-0.2, -0.15) is 5.10 Å². The van der Waals surface area contributed by atoms with Gasteiger partial charge in [0.1, 0.15) is 18.8 Å². The molecule has 0 bridgehead atoms. The summed E-state index contributed by atoms with van der Waals surface area (Å²) in [7, 11) is 0. The van der Waals surface area contributed by atoms with Crippen LogP contribution in [0.15, 0.2) is 36.9 Å². The van der Waals surface area contributed by atoms with Gasteiger partial charge < -0.3 is 15.8 Å². The van der Waals surface area contributed by atoms with Gasteiger partial charge in [0, 0.05) is 13.1 Å². The van der Waals surface area contributed by atoms with Gasteiger partial charge in [0.25, 0.3) is 0 Å². The molecule has 0 spiro atoms. The number of hydrogen-bond acceptors (Lipinski definition) is 5. The molecule has 2 aromatic rings. The molecule has 3 N–H and O–H groups in total. The predicted molar refractivity (Wildman–Crippen MR) is 80.2 cm³/mol. The molecule has 2 heterocycles. The van der Waals surface area contributed by atoms with Crippen LogP contribution in [0.1, 0.15) is 18.4 Å². The van der Waals surface area contributed by atoms with Gasteiger partial charge in [0.15, 0.2) is 0 Å². The Kier molecular flexibility index (Phi) is 4.45. The molecule has 1 amide bonds. The highest BCUT2D eigenvalue weighted by Gasteiger charge is 2.29. The van der Waals surface area contributed by atoms with E-state index in [1.54, 1.807) is 11.0 Å². The topological polar surface area (TPSA) is 95.1 Å². The highest BCUT2D eigenvalue weighted by molar-refractivity contribution is 5.81. The Morgan fingerprint density at radius 2 is 2.36 bits per heavy atom. The molecule has 1 aromatic heterocycles. The van der Waals surface area contributed by atoms with Crippen molar-refractivity contribution in [2.75, 3.05) is 6.54 Å². The zero-order valence-corrected chi connectivity index (χ0v) is 12.2. The van der Waals surface area contributed by atoms with Crippen LogP contribution in [0, 0.1) is 0 Å². The molecule has 1 fully saturated rings. The molecule has 0 radical (unpaired) electrons. The van der Waals surface area contributed by atoms with Crippen molar-refractivity contribution in [3.05, 3.63) is 42.5 Å². The average molecular weight is 301 g/mol. The number of hydrogen-bond donors (Lipinski definition) is 2. The molecule has 116 valence electrons. The number of carbonyl (C=O) groups is 1. The van der Waals surface area contributed by atoms with E-state index in [9.17, 15) is 4.79 Å². The molecule has 1 aromatic carbocycles. The van der Waals surface area contributed by atoms with Gasteiger partial charge in [-0.1, -0.05) is 12.1 Å². The minimum atomic E-state index is -0.382. The first-order valence-electron chi connectivity index (χ1n) is 7.33. The van der Waals surface area contributed by atoms with Crippen LogP contribution in [0.3, 0.4) is 0 Å². The Morgan fingerprint density at radius 3 is 3.09 bits per heavy atom. The second kappa shape index (κ2) is 6.67. The average Bonchev–Trinajstić information content (AvgIpc) is 3.24. The van der Waals surface area contributed by atoms with Crippen molar-refractivity contribution < 1.29 is 9.53 Å². The van der Waals surface area contributed by atoms with Gasteiger partial charge in [-0.3, -0.25) is 4.79 Å². The van der Waals surface area contributed by atoms with E-state index in [-0.39, 0.29) is 18.1 Å². The Balaban J connectivity index is 1.58. The SMILES string of the molecule is NC[C@H]1CC[C@@H](C(=O)NCc2cccc(-n3cncn3)c2)O1. The molecule has 3 rings (SSSR count). The Morgan fingerprint density at radius 1 is 1.45 bits per heavy atom. The van der Waals surface area contributed by atoms with Crippen molar-refractivity contribution in [3.63, 3.8) is 0 Å². The zero-order valence-electron chi connectivity index (χ0n) is 12.2. The number of ether oxygens (including phenoxy) is 1. The molecule has 7 heteroatoms. The highest BCUT2D eigenvalue weighted by atomic mass is 16.5. The lowest BCUT2D eigenvalue weighted by molar-refractivity contribution is -0.132. The summed E-state index contributed by atoms with van der Waals surface area (Å²) in [6.07, 6.45) is 4.32. The second-order valence-corrected chi connectivity index (χ2v) is 5.29. The third kappa shape index (κ3) is 3.32. The first kappa shape index (κ1) is 14.7. The number of nitrogens with two attached hydrogens (primary N) is 1. The Bertz CT molecular complexity index is 629. The molecule has 0 unspecified atom stereocenters. The maximum atomic E-state index is 12.1. The van der Waals surface area contributed by atoms with Gasteiger partial charge in [-0.25, -0.2) is 9.67 Å². The minimum Gasteiger partial charge on any atom is -0.364 e. The lowest BCUT2D eigenvalue weighted by Crippen LogP contribution is -2.35. The van der Waals surface area contributed by atoms with Crippen LogP contribution >= 0.6 is 0 Å². The first-order valence-corrected chi connectivity index (χ1v) is 7.33. The van der Waals surface area contributed by atoms with Crippen molar-refractivity contribution >= 4 is 5.91 Å². The summed E-state index contributed by atoms with van der Waals surface area (Å²) < 4.78 is 7.26. The van der Waals surface area contributed by atoms with E-state index in [2.05, 4.69) is 15.4 Å². The van der Waals surface area contributed by atoms with Crippen molar-refractivity contribution in [2.45, 2.75) is 31.6 Å². The van der Waals surface area contributed by atoms with Crippen LogP contribution in [0.2, 0.25) is 0 Å². The largest absolute Gasteiger partial charge is 0.364 e. The van der Waals surface area contributed by atoms with Gasteiger partial charge in [-0.05, 0) is 30.5 Å². The number of rotatable bonds is 5. The quantitative estimate of drug-likeness (QED) is 0.833. The van der Waals surface area contributed by atoms with E-state index in [4.69, 9.17) is 10.5 Å². The molecular formula is C15H19N5O2. The maximum Gasteiger partial charge on any atom is 0.249 e. The van der Waals surface area contributed by atoms with E-state index in [0.29, 0.717) is 13.1 Å². The summed E-state index contributed by atoms with van der Waals surface area (Å²) in [6, 6.07) is 7.78. The van der Waals surface area contributed by atoms with E-state index < -0.39 is 0 Å². The fourth-order valence-electron chi connectivity index (χ4n) is 2.53. The second-order valence-electron chi connectivity index (χ2n) is 5.29. The van der Waals surface area contributed by atoms with Gasteiger partial charge >= 0.3 is 0 Å². The smallest absolute Gasteiger partial charge is 0.249 e. The fourth-order valence-corrected chi connectivity index (χ4v) is 2.53. The van der Waals surface area contributed by atoms with E-state index >= 15 is 0 Å². The van der Waals surface area contributed by atoms with Crippen molar-refractivity contribution in [1.29, 1.82) is 0 Å². The molecule has 1 aliphatic rings. The van der Waals surface area contributed by atoms with E-state index in [1.165, 1.54) is 6.33 Å². The fraction of sp³-hybridized carbons (Fsp3) is 0.400. The lowest BCUT2D eigenvalue weighted by Gasteiger charge is -2.13. The van der Waals surface area contributed by atoms with Gasteiger partial charge in [-0.15, -0.1) is 0 Å². The monoisotopic (exact) mass is 301 g/mol. The number of nitrogens with one attached hydrogen (secondary N) is 1. The predicted octanol–water partition coefficient (Wildman–Crippen LogP) is 0.390. The third-order valence-corrected chi connectivity index (χ3v) is 3.72. The molecule has 22 heavy (non-hydrogen) atoms. The molecular weight excluding hydrogens is 282 g/mol. The lowest BCUT2D eigenvalue weighted by atomic mass is 10.1. The zero-order chi connectivity index (χ0) is 15.4. The first-order chi connectivity index (χ1) is 10.8. The van der Waals surface area contributed by atoms with Crippen LogP contribution in [-0.2, 0) is 16.1 Å². The summed E-state index contributed by atoms with van der Waals surface area (Å²) in [6.45, 7) is 0.915. The summed E-state index contributed by atoms with van der Waals surface area (Å²) in [5.74, 6) is -0.0814. The number of amides is 1. The molecule has 2 atom stereocenters. The van der Waals surface area contributed by atoms with Crippen LogP contribution in [-0.4, -0.2) is 39.4 Å². The third-order valence-electron chi connectivity index (χ3n) is 3.72. The molecule has 0 saturated carbocycles. The Labute approximate surface area is 128 Å². The summed E-state index contributed by atoms with van der Waals surface area (Å²) >= 11 is 0. The Hall–Kier alpha value is -2.25.